The fourth-order valence-electron chi connectivity index (χ4n) is 3.83. The van der Waals surface area contributed by atoms with Gasteiger partial charge in [-0.05, 0) is 41.0 Å². The van der Waals surface area contributed by atoms with Gasteiger partial charge in [0.1, 0.15) is 5.50 Å². The molecule has 0 aliphatic carbocycles. The van der Waals surface area contributed by atoms with Crippen LogP contribution < -0.4 is 0 Å². The first-order chi connectivity index (χ1) is 13.2. The third kappa shape index (κ3) is 3.11. The third-order valence-corrected chi connectivity index (χ3v) is 6.34. The van der Waals surface area contributed by atoms with Crippen molar-refractivity contribution in [1.82, 2.24) is 0 Å². The molecule has 0 saturated carbocycles. The summed E-state index contributed by atoms with van der Waals surface area (Å²) in [5.74, 6) is -1.00. The molecule has 2 aliphatic rings. The minimum atomic E-state index is -1.00. The maximum Gasteiger partial charge on any atom is 0.492 e. The van der Waals surface area contributed by atoms with E-state index in [0.29, 0.717) is 13.0 Å². The van der Waals surface area contributed by atoms with Crippen molar-refractivity contribution in [3.05, 3.63) is 71.8 Å². The van der Waals surface area contributed by atoms with Crippen molar-refractivity contribution in [2.24, 2.45) is 0 Å². The summed E-state index contributed by atoms with van der Waals surface area (Å²) < 4.78 is 25.9. The predicted molar refractivity (Wildman–Crippen MR) is 110 cm³/mol. The molecule has 2 aromatic carbocycles. The summed E-state index contributed by atoms with van der Waals surface area (Å²) in [6.45, 7) is 10.9. The lowest BCUT2D eigenvalue weighted by molar-refractivity contribution is -0.294. The molecular formula is C23H29BO4. The molecule has 0 N–H and O–H groups in total. The Labute approximate surface area is 168 Å². The van der Waals surface area contributed by atoms with E-state index in [2.05, 4.69) is 34.6 Å². The number of rotatable bonds is 3. The summed E-state index contributed by atoms with van der Waals surface area (Å²) in [4.78, 5) is 0. The fraction of sp³-hybridized carbons (Fsp3) is 0.478. The second-order valence-electron chi connectivity index (χ2n) is 8.95. The van der Waals surface area contributed by atoms with Crippen LogP contribution in [0.1, 0.15) is 52.2 Å². The summed E-state index contributed by atoms with van der Waals surface area (Å²) in [7, 11) is -0.479. The van der Waals surface area contributed by atoms with Gasteiger partial charge in [0.05, 0.1) is 17.8 Å². The molecular weight excluding hydrogens is 351 g/mol. The monoisotopic (exact) mass is 380 g/mol. The quantitative estimate of drug-likeness (QED) is 0.723. The summed E-state index contributed by atoms with van der Waals surface area (Å²) >= 11 is 0. The van der Waals surface area contributed by atoms with Crippen LogP contribution in [0.3, 0.4) is 0 Å². The zero-order chi connectivity index (χ0) is 20.0. The predicted octanol–water partition coefficient (Wildman–Crippen LogP) is 4.71. The zero-order valence-electron chi connectivity index (χ0n) is 17.4. The Morgan fingerprint density at radius 3 is 1.64 bits per heavy atom. The van der Waals surface area contributed by atoms with Gasteiger partial charge in [-0.15, -0.1) is 0 Å². The fourth-order valence-corrected chi connectivity index (χ4v) is 3.83. The maximum absolute atomic E-state index is 6.83. The smallest absolute Gasteiger partial charge is 0.401 e. The van der Waals surface area contributed by atoms with Crippen LogP contribution in [-0.4, -0.2) is 30.4 Å². The molecule has 4 rings (SSSR count). The summed E-state index contributed by atoms with van der Waals surface area (Å²) in [5, 5.41) is 0. The molecule has 5 heteroatoms. The average molecular weight is 380 g/mol. The molecule has 2 aliphatic heterocycles. The van der Waals surface area contributed by atoms with E-state index in [1.165, 1.54) is 0 Å². The molecule has 1 unspecified atom stereocenters. The van der Waals surface area contributed by atoms with Gasteiger partial charge < -0.3 is 18.8 Å². The van der Waals surface area contributed by atoms with Crippen molar-refractivity contribution >= 4 is 7.12 Å². The molecule has 2 heterocycles. The molecule has 0 aromatic heterocycles. The first-order valence-electron chi connectivity index (χ1n) is 9.99. The molecule has 2 saturated heterocycles. The highest BCUT2D eigenvalue weighted by Gasteiger charge is 2.62. The van der Waals surface area contributed by atoms with Crippen molar-refractivity contribution in [1.29, 1.82) is 0 Å². The molecule has 0 spiro atoms. The van der Waals surface area contributed by atoms with E-state index in [-0.39, 0.29) is 0 Å². The van der Waals surface area contributed by atoms with Gasteiger partial charge in [0, 0.05) is 11.1 Å². The zero-order valence-corrected chi connectivity index (χ0v) is 17.4. The van der Waals surface area contributed by atoms with Crippen LogP contribution in [0.15, 0.2) is 60.7 Å². The molecule has 0 amide bonds. The van der Waals surface area contributed by atoms with E-state index in [1.54, 1.807) is 0 Å². The van der Waals surface area contributed by atoms with Crippen LogP contribution in [0.4, 0.5) is 0 Å². The van der Waals surface area contributed by atoms with Crippen molar-refractivity contribution in [3.8, 4) is 0 Å². The molecule has 0 radical (unpaired) electrons. The molecule has 1 atom stereocenters. The topological polar surface area (TPSA) is 36.9 Å². The Balaban J connectivity index is 1.76. The van der Waals surface area contributed by atoms with E-state index in [1.807, 2.05) is 60.7 Å². The Morgan fingerprint density at radius 2 is 1.18 bits per heavy atom. The third-order valence-electron chi connectivity index (χ3n) is 6.34. The van der Waals surface area contributed by atoms with Crippen molar-refractivity contribution in [2.75, 3.05) is 6.61 Å². The highest BCUT2D eigenvalue weighted by molar-refractivity contribution is 6.49. The van der Waals surface area contributed by atoms with Gasteiger partial charge in [-0.1, -0.05) is 60.7 Å². The second-order valence-corrected chi connectivity index (χ2v) is 8.95. The van der Waals surface area contributed by atoms with Crippen molar-refractivity contribution in [3.63, 3.8) is 0 Å². The molecule has 148 valence electrons. The van der Waals surface area contributed by atoms with E-state index >= 15 is 0 Å². The summed E-state index contributed by atoms with van der Waals surface area (Å²) in [6, 6.07) is 20.2. The van der Waals surface area contributed by atoms with Crippen LogP contribution in [-0.2, 0) is 24.6 Å². The minimum Gasteiger partial charge on any atom is -0.401 e. The lowest BCUT2D eigenvalue weighted by Gasteiger charge is -2.47. The van der Waals surface area contributed by atoms with Gasteiger partial charge >= 0.3 is 7.12 Å². The van der Waals surface area contributed by atoms with Gasteiger partial charge in [-0.25, -0.2) is 0 Å². The summed E-state index contributed by atoms with van der Waals surface area (Å²) in [5.41, 5.74) is 0.441. The molecule has 4 nitrogen and oxygen atoms in total. The van der Waals surface area contributed by atoms with Gasteiger partial charge in [-0.2, -0.15) is 0 Å². The van der Waals surface area contributed by atoms with Crippen LogP contribution >= 0.6 is 0 Å². The molecule has 0 bridgehead atoms. The Bertz CT molecular complexity index is 766. The van der Waals surface area contributed by atoms with E-state index < -0.39 is 29.6 Å². The number of hydrogen-bond donors (Lipinski definition) is 0. The van der Waals surface area contributed by atoms with E-state index in [0.717, 1.165) is 11.1 Å². The van der Waals surface area contributed by atoms with E-state index in [4.69, 9.17) is 18.8 Å². The Hall–Kier alpha value is -1.66. The van der Waals surface area contributed by atoms with Gasteiger partial charge in [0.2, 0.25) is 5.79 Å². The second kappa shape index (κ2) is 6.70. The minimum absolute atomic E-state index is 0.412. The number of ether oxygens (including phenoxy) is 2. The van der Waals surface area contributed by atoms with E-state index in [9.17, 15) is 0 Å². The van der Waals surface area contributed by atoms with Gasteiger partial charge in [0.25, 0.3) is 0 Å². The number of hydrogen-bond acceptors (Lipinski definition) is 4. The Kier molecular flexibility index (Phi) is 4.70. The standard InChI is InChI=1S/C23H29BO4/c1-20(2)21(3,4)28-24(27-20)22(5)16-17-25-23(26-22,18-12-8-6-9-13-18)19-14-10-7-11-15-19/h6-15H,16-17H2,1-5H3. The van der Waals surface area contributed by atoms with Crippen LogP contribution in [0.2, 0.25) is 0 Å². The van der Waals surface area contributed by atoms with Crippen molar-refractivity contribution in [2.45, 2.75) is 63.5 Å². The average Bonchev–Trinajstić information content (AvgIpc) is 2.91. The first-order valence-corrected chi connectivity index (χ1v) is 9.99. The normalized spacial score (nSPS) is 28.2. The highest BCUT2D eigenvalue weighted by Crippen LogP contribution is 2.48. The van der Waals surface area contributed by atoms with Gasteiger partial charge in [0.15, 0.2) is 0 Å². The van der Waals surface area contributed by atoms with Crippen LogP contribution in [0.5, 0.6) is 0 Å². The molecule has 2 aromatic rings. The van der Waals surface area contributed by atoms with Gasteiger partial charge in [-0.3, -0.25) is 0 Å². The SMILES string of the molecule is CC1(B2OC(C)(C)C(C)(C)O2)CCOC(c2ccccc2)(c2ccccc2)O1. The largest absolute Gasteiger partial charge is 0.492 e. The van der Waals surface area contributed by atoms with Crippen LogP contribution in [0.25, 0.3) is 0 Å². The molecule has 28 heavy (non-hydrogen) atoms. The van der Waals surface area contributed by atoms with Crippen molar-refractivity contribution < 1.29 is 18.8 Å². The first kappa shape index (κ1) is 19.7. The molecule has 2 fully saturated rings. The highest BCUT2D eigenvalue weighted by atomic mass is 16.7. The maximum atomic E-state index is 6.83. The van der Waals surface area contributed by atoms with Crippen LogP contribution in [0, 0.1) is 0 Å². The summed E-state index contributed by atoms with van der Waals surface area (Å²) in [6.07, 6.45) is 0.686. The number of benzene rings is 2. The lowest BCUT2D eigenvalue weighted by Crippen LogP contribution is -2.58. The Morgan fingerprint density at radius 1 is 0.714 bits per heavy atom. The lowest BCUT2D eigenvalue weighted by atomic mass is 9.65.